The Kier molecular flexibility index (Phi) is 6.30. The maximum Gasteiger partial charge on any atom is 0.222 e. The number of nitrogens with one attached hydrogen (secondary N) is 1. The van der Waals surface area contributed by atoms with Gasteiger partial charge in [0.05, 0.1) is 6.61 Å². The Morgan fingerprint density at radius 1 is 1.26 bits per heavy atom. The van der Waals surface area contributed by atoms with Gasteiger partial charge in [0, 0.05) is 35.1 Å². The number of carbonyl (C=O) groups is 1. The zero-order valence-electron chi connectivity index (χ0n) is 18.6. The second kappa shape index (κ2) is 9.13. The molecule has 0 fully saturated rings. The van der Waals surface area contributed by atoms with Gasteiger partial charge in [0.2, 0.25) is 5.91 Å². The molecule has 0 aliphatic heterocycles. The fraction of sp³-hybridized carbons (Fsp3) is 0.423. The first-order valence-electron chi connectivity index (χ1n) is 11.3. The molecule has 0 spiro atoms. The number of ether oxygens (including phenoxy) is 1. The highest BCUT2D eigenvalue weighted by atomic mass is 19.1. The second-order valence-electron chi connectivity index (χ2n) is 8.77. The molecular formula is C26H31FN2O2. The van der Waals surface area contributed by atoms with Crippen molar-refractivity contribution < 1.29 is 13.9 Å². The number of nitrogens with zero attached hydrogens (tertiary/aromatic N) is 1. The molecule has 2 aromatic carbocycles. The third kappa shape index (κ3) is 4.60. The first kappa shape index (κ1) is 21.4. The molecule has 31 heavy (non-hydrogen) atoms. The van der Waals surface area contributed by atoms with Crippen molar-refractivity contribution in [1.82, 2.24) is 9.88 Å². The van der Waals surface area contributed by atoms with Crippen LogP contribution in [0.4, 0.5) is 4.39 Å². The smallest absolute Gasteiger partial charge is 0.222 e. The van der Waals surface area contributed by atoms with Crippen molar-refractivity contribution in [3.63, 3.8) is 0 Å². The highest BCUT2D eigenvalue weighted by molar-refractivity contribution is 5.87. The molecule has 5 heteroatoms. The van der Waals surface area contributed by atoms with Crippen LogP contribution in [0.1, 0.15) is 50.4 Å². The maximum absolute atomic E-state index is 13.8. The fourth-order valence-electron chi connectivity index (χ4n) is 4.43. The molecule has 1 heterocycles. The largest absolute Gasteiger partial charge is 0.494 e. The van der Waals surface area contributed by atoms with Crippen LogP contribution < -0.4 is 10.1 Å². The first-order chi connectivity index (χ1) is 15.0. The third-order valence-corrected chi connectivity index (χ3v) is 6.01. The average molecular weight is 423 g/mol. The van der Waals surface area contributed by atoms with Crippen LogP contribution in [0.15, 0.2) is 42.5 Å². The van der Waals surface area contributed by atoms with Gasteiger partial charge in [-0.25, -0.2) is 4.39 Å². The van der Waals surface area contributed by atoms with Crippen LogP contribution in [-0.4, -0.2) is 23.1 Å². The summed E-state index contributed by atoms with van der Waals surface area (Å²) in [4.78, 5) is 12.3. The maximum atomic E-state index is 13.8. The van der Waals surface area contributed by atoms with E-state index in [1.165, 1.54) is 22.7 Å². The Balaban J connectivity index is 1.73. The normalized spacial score (nSPS) is 15.8. The summed E-state index contributed by atoms with van der Waals surface area (Å²) in [6.45, 7) is 7.25. The molecule has 1 N–H and O–H groups in total. The lowest BCUT2D eigenvalue weighted by molar-refractivity contribution is -0.124. The number of fused-ring (bicyclic) bond motifs is 3. The summed E-state index contributed by atoms with van der Waals surface area (Å²) in [5.41, 5.74) is 4.63. The summed E-state index contributed by atoms with van der Waals surface area (Å²) in [7, 11) is 0. The number of carbonyl (C=O) groups excluding carboxylic acids is 1. The van der Waals surface area contributed by atoms with E-state index in [9.17, 15) is 9.18 Å². The van der Waals surface area contributed by atoms with Gasteiger partial charge in [0.1, 0.15) is 11.6 Å². The molecule has 1 aromatic heterocycles. The van der Waals surface area contributed by atoms with E-state index in [-0.39, 0.29) is 23.7 Å². The average Bonchev–Trinajstić information content (AvgIpc) is 3.04. The highest BCUT2D eigenvalue weighted by Crippen LogP contribution is 2.35. The molecule has 0 radical (unpaired) electrons. The van der Waals surface area contributed by atoms with E-state index >= 15 is 0 Å². The van der Waals surface area contributed by atoms with Crippen LogP contribution in [-0.2, 0) is 24.2 Å². The highest BCUT2D eigenvalue weighted by Gasteiger charge is 2.27. The summed E-state index contributed by atoms with van der Waals surface area (Å²) in [6.07, 6.45) is 3.55. The molecule has 0 bridgehead atoms. The van der Waals surface area contributed by atoms with Crippen LogP contribution in [0, 0.1) is 11.7 Å². The minimum Gasteiger partial charge on any atom is -0.494 e. The summed E-state index contributed by atoms with van der Waals surface area (Å²) >= 11 is 0. The number of hydrogen-bond acceptors (Lipinski definition) is 2. The van der Waals surface area contributed by atoms with E-state index in [4.69, 9.17) is 4.74 Å². The molecule has 3 aromatic rings. The molecule has 0 saturated heterocycles. The number of aromatic nitrogens is 1. The molecule has 4 rings (SSSR count). The van der Waals surface area contributed by atoms with Crippen LogP contribution in [0.5, 0.6) is 5.75 Å². The van der Waals surface area contributed by atoms with Gasteiger partial charge in [-0.05, 0) is 67.1 Å². The summed E-state index contributed by atoms with van der Waals surface area (Å²) in [6, 6.07) is 13.2. The lowest BCUT2D eigenvalue weighted by atomic mass is 9.91. The summed E-state index contributed by atoms with van der Waals surface area (Å²) < 4.78 is 22.0. The Morgan fingerprint density at radius 2 is 2.10 bits per heavy atom. The Hall–Kier alpha value is -2.82. The fourth-order valence-corrected chi connectivity index (χ4v) is 4.43. The topological polar surface area (TPSA) is 43.3 Å². The van der Waals surface area contributed by atoms with Gasteiger partial charge in [-0.1, -0.05) is 32.9 Å². The van der Waals surface area contributed by atoms with Crippen molar-refractivity contribution in [3.8, 4) is 5.75 Å². The first-order valence-corrected chi connectivity index (χ1v) is 11.3. The van der Waals surface area contributed by atoms with Crippen LogP contribution in [0.2, 0.25) is 0 Å². The van der Waals surface area contributed by atoms with E-state index in [1.807, 2.05) is 26.0 Å². The van der Waals surface area contributed by atoms with Crippen molar-refractivity contribution in [1.29, 1.82) is 0 Å². The van der Waals surface area contributed by atoms with E-state index < -0.39 is 0 Å². The lowest BCUT2D eigenvalue weighted by Gasteiger charge is -2.26. The number of amides is 1. The van der Waals surface area contributed by atoms with Crippen molar-refractivity contribution in [2.75, 3.05) is 6.61 Å². The van der Waals surface area contributed by atoms with Crippen LogP contribution in [0.3, 0.4) is 0 Å². The molecular weight excluding hydrogens is 391 g/mol. The predicted octanol–water partition coefficient (Wildman–Crippen LogP) is 5.25. The minimum atomic E-state index is -0.213. The summed E-state index contributed by atoms with van der Waals surface area (Å²) in [5, 5.41) is 4.38. The monoisotopic (exact) mass is 422 g/mol. The molecule has 1 amide bonds. The SMILES string of the molecule is CCCOc1ccc2c(c1)c1c(n2Cc2cccc(F)c2)CCC(NC(=O)C(C)C)C1. The van der Waals surface area contributed by atoms with Crippen molar-refractivity contribution >= 4 is 16.8 Å². The Bertz CT molecular complexity index is 1090. The van der Waals surface area contributed by atoms with E-state index in [1.54, 1.807) is 12.1 Å². The number of benzene rings is 2. The minimum absolute atomic E-state index is 0.0234. The lowest BCUT2D eigenvalue weighted by Crippen LogP contribution is -2.41. The molecule has 1 aliphatic carbocycles. The molecule has 1 unspecified atom stereocenters. The number of rotatable bonds is 7. The van der Waals surface area contributed by atoms with Crippen LogP contribution in [0.25, 0.3) is 10.9 Å². The van der Waals surface area contributed by atoms with E-state index in [2.05, 4.69) is 28.9 Å². The standard InChI is InChI=1S/C26H31FN2O2/c1-4-12-31-21-9-11-25-23(15-21)22-14-20(28-26(30)17(2)3)8-10-24(22)29(25)16-18-6-5-7-19(27)13-18/h5-7,9,11,13,15,17,20H,4,8,10,12,14,16H2,1-3H3,(H,28,30). The third-order valence-electron chi connectivity index (χ3n) is 6.01. The zero-order chi connectivity index (χ0) is 22.0. The zero-order valence-corrected chi connectivity index (χ0v) is 18.6. The van der Waals surface area contributed by atoms with Crippen molar-refractivity contribution in [3.05, 3.63) is 65.1 Å². The van der Waals surface area contributed by atoms with Gasteiger partial charge in [0.25, 0.3) is 0 Å². The number of halogens is 1. The summed E-state index contributed by atoms with van der Waals surface area (Å²) in [5.74, 6) is 0.733. The van der Waals surface area contributed by atoms with Gasteiger partial charge in [-0.2, -0.15) is 0 Å². The quantitative estimate of drug-likeness (QED) is 0.565. The molecule has 164 valence electrons. The predicted molar refractivity (Wildman–Crippen MR) is 122 cm³/mol. The van der Waals surface area contributed by atoms with Gasteiger partial charge >= 0.3 is 0 Å². The number of hydrogen-bond donors (Lipinski definition) is 1. The van der Waals surface area contributed by atoms with Crippen molar-refractivity contribution in [2.45, 2.75) is 59.0 Å². The molecule has 4 nitrogen and oxygen atoms in total. The van der Waals surface area contributed by atoms with Gasteiger partial charge in [0.15, 0.2) is 0 Å². The molecule has 0 saturated carbocycles. The Labute approximate surface area is 183 Å². The second-order valence-corrected chi connectivity index (χ2v) is 8.77. The molecule has 1 atom stereocenters. The van der Waals surface area contributed by atoms with Gasteiger partial charge in [-0.3, -0.25) is 4.79 Å². The Morgan fingerprint density at radius 3 is 2.84 bits per heavy atom. The van der Waals surface area contributed by atoms with Crippen LogP contribution >= 0.6 is 0 Å². The van der Waals surface area contributed by atoms with E-state index in [0.29, 0.717) is 13.2 Å². The van der Waals surface area contributed by atoms with Crippen molar-refractivity contribution in [2.24, 2.45) is 5.92 Å². The van der Waals surface area contributed by atoms with Gasteiger partial charge < -0.3 is 14.6 Å². The van der Waals surface area contributed by atoms with Gasteiger partial charge in [-0.15, -0.1) is 0 Å². The van der Waals surface area contributed by atoms with E-state index in [0.717, 1.165) is 42.5 Å². The molecule has 1 aliphatic rings.